The van der Waals surface area contributed by atoms with Crippen LogP contribution in [0.4, 0.5) is 17.6 Å². The third-order valence-electron chi connectivity index (χ3n) is 2.31. The molecule has 16 heavy (non-hydrogen) atoms. The molecule has 0 heterocycles. The predicted octanol–water partition coefficient (Wildman–Crippen LogP) is 2.76. The molecule has 1 rings (SSSR count). The van der Waals surface area contributed by atoms with Crippen molar-refractivity contribution in [2.24, 2.45) is 5.84 Å². The molecule has 0 spiro atoms. The van der Waals surface area contributed by atoms with Gasteiger partial charge in [0.1, 0.15) is 5.82 Å². The molecule has 0 aliphatic rings. The van der Waals surface area contributed by atoms with E-state index in [1.165, 1.54) is 0 Å². The molecular weight excluding hydrogens is 224 g/mol. The average molecular weight is 236 g/mol. The number of rotatable bonds is 3. The van der Waals surface area contributed by atoms with Gasteiger partial charge in [0, 0.05) is 6.04 Å². The monoisotopic (exact) mass is 236 g/mol. The smallest absolute Gasteiger partial charge is 0.271 e. The van der Waals surface area contributed by atoms with Gasteiger partial charge in [0.05, 0.1) is 5.56 Å². The largest absolute Gasteiger partial charge is 0.416 e. The Morgan fingerprint density at radius 1 is 1.38 bits per heavy atom. The van der Waals surface area contributed by atoms with Crippen molar-refractivity contribution in [2.75, 3.05) is 0 Å². The molecule has 0 fully saturated rings. The van der Waals surface area contributed by atoms with Crippen LogP contribution in [-0.4, -0.2) is 0 Å². The predicted molar refractivity (Wildman–Crippen MR) is 51.8 cm³/mol. The van der Waals surface area contributed by atoms with Crippen LogP contribution in [-0.2, 0) is 6.18 Å². The van der Waals surface area contributed by atoms with Gasteiger partial charge < -0.3 is 0 Å². The summed E-state index contributed by atoms with van der Waals surface area (Å²) in [6.07, 6.45) is -4.20. The van der Waals surface area contributed by atoms with E-state index in [-0.39, 0.29) is 5.56 Å². The van der Waals surface area contributed by atoms with Crippen LogP contribution >= 0.6 is 0 Å². The number of benzene rings is 1. The summed E-state index contributed by atoms with van der Waals surface area (Å²) in [4.78, 5) is 0. The molecule has 0 aliphatic carbocycles. The Morgan fingerprint density at radius 2 is 2.00 bits per heavy atom. The molecule has 0 saturated heterocycles. The van der Waals surface area contributed by atoms with Crippen molar-refractivity contribution in [1.29, 1.82) is 0 Å². The number of hydrogen-bond acceptors (Lipinski definition) is 2. The highest BCUT2D eigenvalue weighted by Gasteiger charge is 2.35. The average Bonchev–Trinajstić information content (AvgIpc) is 2.20. The van der Waals surface area contributed by atoms with Crippen molar-refractivity contribution in [3.05, 3.63) is 35.1 Å². The van der Waals surface area contributed by atoms with E-state index in [0.717, 1.165) is 12.1 Å². The van der Waals surface area contributed by atoms with Gasteiger partial charge in [-0.25, -0.2) is 4.39 Å². The Labute approximate surface area is 90.4 Å². The summed E-state index contributed by atoms with van der Waals surface area (Å²) in [7, 11) is 0. The summed E-state index contributed by atoms with van der Waals surface area (Å²) in [6.45, 7) is 1.69. The summed E-state index contributed by atoms with van der Waals surface area (Å²) in [5, 5.41) is 0. The first-order valence-corrected chi connectivity index (χ1v) is 4.73. The maximum absolute atomic E-state index is 12.8. The summed E-state index contributed by atoms with van der Waals surface area (Å²) in [5.41, 5.74) is 1.25. The van der Waals surface area contributed by atoms with Gasteiger partial charge in [-0.05, 0) is 24.1 Å². The molecule has 0 aromatic heterocycles. The molecule has 0 saturated carbocycles. The van der Waals surface area contributed by atoms with Crippen molar-refractivity contribution >= 4 is 0 Å². The zero-order chi connectivity index (χ0) is 12.3. The molecule has 0 radical (unpaired) electrons. The highest BCUT2D eigenvalue weighted by molar-refractivity contribution is 5.33. The van der Waals surface area contributed by atoms with E-state index in [0.29, 0.717) is 12.5 Å². The van der Waals surface area contributed by atoms with Crippen LogP contribution < -0.4 is 11.3 Å². The van der Waals surface area contributed by atoms with Crippen LogP contribution in [0.5, 0.6) is 0 Å². The third-order valence-corrected chi connectivity index (χ3v) is 2.31. The molecule has 0 bridgehead atoms. The topological polar surface area (TPSA) is 38.0 Å². The van der Waals surface area contributed by atoms with Crippen molar-refractivity contribution in [1.82, 2.24) is 5.43 Å². The highest BCUT2D eigenvalue weighted by atomic mass is 19.4. The summed E-state index contributed by atoms with van der Waals surface area (Å²) in [6, 6.07) is 1.93. The van der Waals surface area contributed by atoms with Crippen molar-refractivity contribution < 1.29 is 17.6 Å². The van der Waals surface area contributed by atoms with Gasteiger partial charge in [-0.2, -0.15) is 13.2 Å². The van der Waals surface area contributed by atoms with Crippen molar-refractivity contribution in [2.45, 2.75) is 25.6 Å². The number of nitrogens with one attached hydrogen (secondary N) is 1. The van der Waals surface area contributed by atoms with Crippen LogP contribution in [0.2, 0.25) is 0 Å². The quantitative estimate of drug-likeness (QED) is 0.481. The Hall–Kier alpha value is -1.14. The Balaban J connectivity index is 3.27. The number of hydrazine groups is 1. The Kier molecular flexibility index (Phi) is 3.88. The normalized spacial score (nSPS) is 13.9. The molecule has 1 aromatic rings. The number of hydrogen-bond donors (Lipinski definition) is 2. The van der Waals surface area contributed by atoms with Crippen molar-refractivity contribution in [3.63, 3.8) is 0 Å². The van der Waals surface area contributed by atoms with Gasteiger partial charge in [-0.3, -0.25) is 11.3 Å². The lowest BCUT2D eigenvalue weighted by Crippen LogP contribution is -2.29. The van der Waals surface area contributed by atoms with Gasteiger partial charge in [0.25, 0.3) is 0 Å². The fourth-order valence-corrected chi connectivity index (χ4v) is 1.51. The molecule has 0 unspecified atom stereocenters. The highest BCUT2D eigenvalue weighted by Crippen LogP contribution is 2.35. The Morgan fingerprint density at radius 3 is 2.44 bits per heavy atom. The lowest BCUT2D eigenvalue weighted by atomic mass is 9.98. The third kappa shape index (κ3) is 2.70. The number of nitrogens with two attached hydrogens (primary N) is 1. The van der Waals surface area contributed by atoms with Gasteiger partial charge in [-0.15, -0.1) is 0 Å². The van der Waals surface area contributed by atoms with Gasteiger partial charge in [0.15, 0.2) is 0 Å². The van der Waals surface area contributed by atoms with Crippen LogP contribution in [0, 0.1) is 5.82 Å². The zero-order valence-electron chi connectivity index (χ0n) is 8.61. The van der Waals surface area contributed by atoms with E-state index in [1.54, 1.807) is 6.92 Å². The van der Waals surface area contributed by atoms with E-state index < -0.39 is 23.6 Å². The maximum atomic E-state index is 12.8. The van der Waals surface area contributed by atoms with E-state index in [9.17, 15) is 17.6 Å². The molecule has 90 valence electrons. The SMILES string of the molecule is CC[C@@H](NN)c1ccc(F)cc1C(F)(F)F. The lowest BCUT2D eigenvalue weighted by molar-refractivity contribution is -0.138. The van der Waals surface area contributed by atoms with Gasteiger partial charge in [-0.1, -0.05) is 13.0 Å². The minimum absolute atomic E-state index is 0.0427. The second kappa shape index (κ2) is 4.80. The first kappa shape index (κ1) is 12.9. The first-order valence-electron chi connectivity index (χ1n) is 4.73. The fraction of sp³-hybridized carbons (Fsp3) is 0.400. The summed E-state index contributed by atoms with van der Waals surface area (Å²) >= 11 is 0. The van der Waals surface area contributed by atoms with E-state index in [1.807, 2.05) is 0 Å². The first-order chi connectivity index (χ1) is 7.40. The molecule has 0 amide bonds. The van der Waals surface area contributed by atoms with Crippen LogP contribution in [0.25, 0.3) is 0 Å². The molecule has 1 aromatic carbocycles. The minimum Gasteiger partial charge on any atom is -0.271 e. The molecule has 0 aliphatic heterocycles. The van der Waals surface area contributed by atoms with E-state index >= 15 is 0 Å². The van der Waals surface area contributed by atoms with Gasteiger partial charge >= 0.3 is 6.18 Å². The number of alkyl halides is 3. The molecular formula is C10H12F4N2. The molecule has 3 N–H and O–H groups in total. The van der Waals surface area contributed by atoms with E-state index in [4.69, 9.17) is 5.84 Å². The number of halogens is 4. The van der Waals surface area contributed by atoms with Crippen LogP contribution in [0.1, 0.15) is 30.5 Å². The van der Waals surface area contributed by atoms with Crippen LogP contribution in [0.3, 0.4) is 0 Å². The van der Waals surface area contributed by atoms with Crippen molar-refractivity contribution in [3.8, 4) is 0 Å². The van der Waals surface area contributed by atoms with E-state index in [2.05, 4.69) is 5.43 Å². The van der Waals surface area contributed by atoms with Gasteiger partial charge in [0.2, 0.25) is 0 Å². The maximum Gasteiger partial charge on any atom is 0.416 e. The zero-order valence-corrected chi connectivity index (χ0v) is 8.61. The molecule has 1 atom stereocenters. The summed E-state index contributed by atoms with van der Waals surface area (Å²) < 4.78 is 50.7. The Bertz CT molecular complexity index is 358. The summed E-state index contributed by atoms with van der Waals surface area (Å²) in [5.74, 6) is 4.24. The standard InChI is InChI=1S/C10H12F4N2/c1-2-9(16-15)7-4-3-6(11)5-8(7)10(12,13)14/h3-5,9,16H,2,15H2,1H3/t9-/m1/s1. The molecule has 2 nitrogen and oxygen atoms in total. The minimum atomic E-state index is -4.58. The second-order valence-corrected chi connectivity index (χ2v) is 3.36. The fourth-order valence-electron chi connectivity index (χ4n) is 1.51. The molecule has 6 heteroatoms. The second-order valence-electron chi connectivity index (χ2n) is 3.36. The van der Waals surface area contributed by atoms with Crippen LogP contribution in [0.15, 0.2) is 18.2 Å². The lowest BCUT2D eigenvalue weighted by Gasteiger charge is -2.19.